The quantitative estimate of drug-likeness (QED) is 0.467. The number of ether oxygens (including phenoxy) is 2. The molecule has 3 aromatic carbocycles. The lowest BCUT2D eigenvalue weighted by Crippen LogP contribution is -2.00. The lowest BCUT2D eigenvalue weighted by molar-refractivity contribution is 0.104. The van der Waals surface area contributed by atoms with Gasteiger partial charge in [-0.3, -0.25) is 4.79 Å². The van der Waals surface area contributed by atoms with Crippen LogP contribution in [0.15, 0.2) is 54.6 Å². The highest BCUT2D eigenvalue weighted by molar-refractivity contribution is 6.35. The van der Waals surface area contributed by atoms with Gasteiger partial charge in [-0.15, -0.1) is 0 Å². The fourth-order valence-corrected chi connectivity index (χ4v) is 3.10. The van der Waals surface area contributed by atoms with Crippen molar-refractivity contribution in [1.29, 1.82) is 0 Å². The largest absolute Gasteiger partial charge is 0.508 e. The molecule has 1 N–H and O–H groups in total. The van der Waals surface area contributed by atoms with E-state index in [0.717, 1.165) is 22.1 Å². The molecule has 0 saturated carbocycles. The zero-order valence-electron chi connectivity index (χ0n) is 15.0. The minimum atomic E-state index is -0.289. The molecule has 138 valence electrons. The van der Waals surface area contributed by atoms with Crippen molar-refractivity contribution >= 4 is 34.2 Å². The summed E-state index contributed by atoms with van der Waals surface area (Å²) in [5.41, 5.74) is 1.69. The van der Waals surface area contributed by atoms with E-state index >= 15 is 0 Å². The maximum atomic E-state index is 12.6. The van der Waals surface area contributed by atoms with Crippen LogP contribution in [0.25, 0.3) is 16.8 Å². The molecule has 0 aliphatic heterocycles. The highest BCUT2D eigenvalue weighted by Gasteiger charge is 2.13. The van der Waals surface area contributed by atoms with Crippen LogP contribution in [0.4, 0.5) is 0 Å². The molecule has 5 heteroatoms. The predicted octanol–water partition coefficient (Wildman–Crippen LogP) is 5.25. The third-order valence-electron chi connectivity index (χ3n) is 4.20. The predicted molar refractivity (Wildman–Crippen MR) is 108 cm³/mol. The van der Waals surface area contributed by atoms with E-state index in [1.165, 1.54) is 25.3 Å². The number of hydrogen-bond acceptors (Lipinski definition) is 4. The summed E-state index contributed by atoms with van der Waals surface area (Å²) >= 11 is 6.29. The van der Waals surface area contributed by atoms with Crippen LogP contribution in [0.1, 0.15) is 21.5 Å². The minimum absolute atomic E-state index is 0.0251. The molecule has 3 rings (SSSR count). The van der Waals surface area contributed by atoms with E-state index in [9.17, 15) is 9.90 Å². The summed E-state index contributed by atoms with van der Waals surface area (Å²) in [6, 6.07) is 14.6. The number of fused-ring (bicyclic) bond motifs is 1. The zero-order chi connectivity index (χ0) is 19.4. The molecule has 0 aliphatic rings. The number of benzene rings is 3. The van der Waals surface area contributed by atoms with Crippen LogP contribution < -0.4 is 4.74 Å². The monoisotopic (exact) mass is 382 g/mol. The second kappa shape index (κ2) is 8.25. The number of phenols is 1. The van der Waals surface area contributed by atoms with Crippen molar-refractivity contribution in [2.24, 2.45) is 0 Å². The molecule has 0 saturated heterocycles. The van der Waals surface area contributed by atoms with Gasteiger partial charge in [-0.05, 0) is 52.7 Å². The first kappa shape index (κ1) is 19.0. The average molecular weight is 383 g/mol. The molecule has 0 spiro atoms. The topological polar surface area (TPSA) is 55.8 Å². The average Bonchev–Trinajstić information content (AvgIpc) is 2.68. The Morgan fingerprint density at radius 2 is 1.81 bits per heavy atom. The van der Waals surface area contributed by atoms with E-state index in [2.05, 4.69) is 0 Å². The highest BCUT2D eigenvalue weighted by atomic mass is 35.5. The van der Waals surface area contributed by atoms with E-state index < -0.39 is 0 Å². The fraction of sp³-hybridized carbons (Fsp3) is 0.136. The van der Waals surface area contributed by atoms with Crippen molar-refractivity contribution in [1.82, 2.24) is 0 Å². The third-order valence-corrected chi connectivity index (χ3v) is 4.64. The number of ketones is 1. The van der Waals surface area contributed by atoms with E-state index in [4.69, 9.17) is 21.1 Å². The second-order valence-corrected chi connectivity index (χ2v) is 6.45. The highest BCUT2D eigenvalue weighted by Crippen LogP contribution is 2.28. The maximum Gasteiger partial charge on any atom is 0.187 e. The van der Waals surface area contributed by atoms with Crippen LogP contribution in [0.3, 0.4) is 0 Å². The molecule has 0 aromatic heterocycles. The second-order valence-electron chi connectivity index (χ2n) is 6.07. The summed E-state index contributed by atoms with van der Waals surface area (Å²) in [5, 5.41) is 12.2. The number of methoxy groups -OCH3 is 2. The third kappa shape index (κ3) is 4.30. The molecular formula is C22H19ClO4. The number of phenolic OH excluding ortho intramolecular Hbond substituents is 1. The summed E-state index contributed by atoms with van der Waals surface area (Å²) in [4.78, 5) is 12.6. The number of rotatable bonds is 6. The Morgan fingerprint density at radius 3 is 2.56 bits per heavy atom. The first-order chi connectivity index (χ1) is 13.0. The van der Waals surface area contributed by atoms with Crippen LogP contribution in [0.2, 0.25) is 5.02 Å². The normalized spacial score (nSPS) is 11.2. The van der Waals surface area contributed by atoms with Crippen LogP contribution in [-0.4, -0.2) is 25.1 Å². The lowest BCUT2D eigenvalue weighted by Gasteiger charge is -2.08. The Balaban J connectivity index is 1.87. The molecule has 0 heterocycles. The minimum Gasteiger partial charge on any atom is -0.508 e. The van der Waals surface area contributed by atoms with Crippen LogP contribution in [-0.2, 0) is 11.3 Å². The van der Waals surface area contributed by atoms with Crippen molar-refractivity contribution in [3.63, 3.8) is 0 Å². The van der Waals surface area contributed by atoms with Gasteiger partial charge in [0, 0.05) is 18.2 Å². The summed E-state index contributed by atoms with van der Waals surface area (Å²) in [6.07, 6.45) is 3.17. The molecule has 0 unspecified atom stereocenters. The smallest absolute Gasteiger partial charge is 0.187 e. The number of carbonyl (C=O) groups excluding carboxylic acids is 1. The Labute approximate surface area is 162 Å². The molecule has 27 heavy (non-hydrogen) atoms. The molecule has 0 bridgehead atoms. The SMILES string of the molecule is COCc1cc(O)cc(C(=O)/C=C/c2ccc3cc(OC)ccc3c2)c1Cl. The number of halogens is 1. The Kier molecular flexibility index (Phi) is 5.79. The summed E-state index contributed by atoms with van der Waals surface area (Å²) in [7, 11) is 3.16. The zero-order valence-corrected chi connectivity index (χ0v) is 15.8. The summed E-state index contributed by atoms with van der Waals surface area (Å²) < 4.78 is 10.3. The first-order valence-electron chi connectivity index (χ1n) is 8.32. The van der Waals surface area contributed by atoms with Gasteiger partial charge >= 0.3 is 0 Å². The van der Waals surface area contributed by atoms with Crippen LogP contribution in [0, 0.1) is 0 Å². The summed E-state index contributed by atoms with van der Waals surface area (Å²) in [5.74, 6) is 0.484. The van der Waals surface area contributed by atoms with Gasteiger partial charge in [-0.25, -0.2) is 0 Å². The van der Waals surface area contributed by atoms with Crippen LogP contribution >= 0.6 is 11.6 Å². The van der Waals surface area contributed by atoms with Crippen molar-refractivity contribution in [2.45, 2.75) is 6.61 Å². The van der Waals surface area contributed by atoms with Gasteiger partial charge in [0.25, 0.3) is 0 Å². The molecule has 0 fully saturated rings. The van der Waals surface area contributed by atoms with Gasteiger partial charge in [0.05, 0.1) is 18.7 Å². The van der Waals surface area contributed by atoms with Crippen molar-refractivity contribution < 1.29 is 19.4 Å². The fourth-order valence-electron chi connectivity index (χ4n) is 2.84. The molecule has 0 aliphatic carbocycles. The van der Waals surface area contributed by atoms with Gasteiger partial charge in [0.1, 0.15) is 11.5 Å². The van der Waals surface area contributed by atoms with Gasteiger partial charge in [0.2, 0.25) is 0 Å². The molecular weight excluding hydrogens is 364 g/mol. The van der Waals surface area contributed by atoms with Crippen LogP contribution in [0.5, 0.6) is 11.5 Å². The van der Waals surface area contributed by atoms with Gasteiger partial charge in [-0.1, -0.05) is 35.9 Å². The van der Waals surface area contributed by atoms with Gasteiger partial charge < -0.3 is 14.6 Å². The summed E-state index contributed by atoms with van der Waals surface area (Å²) in [6.45, 7) is 0.214. The number of carbonyl (C=O) groups is 1. The lowest BCUT2D eigenvalue weighted by atomic mass is 10.0. The molecule has 0 atom stereocenters. The van der Waals surface area contributed by atoms with Crippen molar-refractivity contribution in [2.75, 3.05) is 14.2 Å². The number of aromatic hydroxyl groups is 1. The maximum absolute atomic E-state index is 12.6. The molecule has 0 radical (unpaired) electrons. The van der Waals surface area contributed by atoms with Crippen molar-refractivity contribution in [3.05, 3.63) is 76.3 Å². The Morgan fingerprint density at radius 1 is 1.07 bits per heavy atom. The molecule has 4 nitrogen and oxygen atoms in total. The number of allylic oxidation sites excluding steroid dienone is 1. The first-order valence-corrected chi connectivity index (χ1v) is 8.70. The molecule has 3 aromatic rings. The van der Waals surface area contributed by atoms with Gasteiger partial charge in [0.15, 0.2) is 5.78 Å². The van der Waals surface area contributed by atoms with E-state index in [1.807, 2.05) is 36.4 Å². The Hall–Kier alpha value is -2.82. The van der Waals surface area contributed by atoms with E-state index in [1.54, 1.807) is 13.2 Å². The van der Waals surface area contributed by atoms with E-state index in [0.29, 0.717) is 5.56 Å². The standard InChI is InChI=1S/C22H19ClO4/c1-26-13-17-10-18(24)12-20(22(17)23)21(25)8-4-14-3-5-16-11-19(27-2)7-6-15(16)9-14/h3-12,24H,13H2,1-2H3/b8-4+. The van der Waals surface area contributed by atoms with E-state index in [-0.39, 0.29) is 28.7 Å². The number of hydrogen-bond donors (Lipinski definition) is 1. The molecule has 0 amide bonds. The van der Waals surface area contributed by atoms with Crippen molar-refractivity contribution in [3.8, 4) is 11.5 Å². The van der Waals surface area contributed by atoms with Gasteiger partial charge in [-0.2, -0.15) is 0 Å². The Bertz CT molecular complexity index is 1020.